The Morgan fingerprint density at radius 1 is 1.21 bits per heavy atom. The van der Waals surface area contributed by atoms with Gasteiger partial charge in [-0.1, -0.05) is 37.6 Å². The molecule has 0 spiro atoms. The van der Waals surface area contributed by atoms with Crippen LogP contribution in [-0.4, -0.2) is 6.54 Å². The Bertz CT molecular complexity index is 258. The van der Waals surface area contributed by atoms with Gasteiger partial charge in [-0.25, -0.2) is 0 Å². The molecule has 0 heterocycles. The molecule has 0 aromatic heterocycles. The lowest BCUT2D eigenvalue weighted by atomic mass is 10.1. The molecule has 2 heteroatoms. The average molecular weight is 192 g/mol. The number of hydrogen-bond acceptors (Lipinski definition) is 2. The molecule has 0 aliphatic carbocycles. The molecule has 2 nitrogen and oxygen atoms in total. The Morgan fingerprint density at radius 2 is 1.93 bits per heavy atom. The van der Waals surface area contributed by atoms with Crippen molar-refractivity contribution >= 4 is 0 Å². The van der Waals surface area contributed by atoms with Crippen LogP contribution in [0.25, 0.3) is 0 Å². The van der Waals surface area contributed by atoms with Gasteiger partial charge in [0.15, 0.2) is 0 Å². The molecule has 0 saturated carbocycles. The van der Waals surface area contributed by atoms with Crippen LogP contribution in [0.5, 0.6) is 0 Å². The van der Waals surface area contributed by atoms with Gasteiger partial charge in [0.25, 0.3) is 0 Å². The molecule has 0 bridgehead atoms. The molecule has 78 valence electrons. The first-order valence-corrected chi connectivity index (χ1v) is 5.36. The molecule has 0 aliphatic heterocycles. The minimum Gasteiger partial charge on any atom is -0.326 e. The van der Waals surface area contributed by atoms with Gasteiger partial charge in [0, 0.05) is 13.1 Å². The Hall–Kier alpha value is -0.860. The second-order valence-corrected chi connectivity index (χ2v) is 3.50. The zero-order chi connectivity index (χ0) is 10.2. The first-order valence-electron chi connectivity index (χ1n) is 5.36. The highest BCUT2D eigenvalue weighted by Gasteiger charge is 1.97. The third-order valence-electron chi connectivity index (χ3n) is 2.36. The van der Waals surface area contributed by atoms with E-state index in [1.165, 1.54) is 24.0 Å². The maximum absolute atomic E-state index is 5.65. The van der Waals surface area contributed by atoms with Crippen LogP contribution in [0.2, 0.25) is 0 Å². The maximum Gasteiger partial charge on any atom is 0.0208 e. The molecule has 0 unspecified atom stereocenters. The van der Waals surface area contributed by atoms with Crippen LogP contribution in [0.15, 0.2) is 24.3 Å². The van der Waals surface area contributed by atoms with Gasteiger partial charge in [-0.15, -0.1) is 0 Å². The largest absolute Gasteiger partial charge is 0.326 e. The summed E-state index contributed by atoms with van der Waals surface area (Å²) < 4.78 is 0. The quantitative estimate of drug-likeness (QED) is 0.677. The summed E-state index contributed by atoms with van der Waals surface area (Å²) >= 11 is 0. The second kappa shape index (κ2) is 6.57. The van der Waals surface area contributed by atoms with Crippen molar-refractivity contribution in [2.45, 2.75) is 32.9 Å². The summed E-state index contributed by atoms with van der Waals surface area (Å²) in [6.45, 7) is 4.86. The minimum absolute atomic E-state index is 0.631. The van der Waals surface area contributed by atoms with Crippen molar-refractivity contribution in [2.75, 3.05) is 6.54 Å². The zero-order valence-electron chi connectivity index (χ0n) is 8.92. The number of hydrogen-bond donors (Lipinski definition) is 2. The van der Waals surface area contributed by atoms with Gasteiger partial charge < -0.3 is 11.1 Å². The second-order valence-electron chi connectivity index (χ2n) is 3.50. The van der Waals surface area contributed by atoms with Gasteiger partial charge in [-0.2, -0.15) is 0 Å². The Balaban J connectivity index is 2.41. The van der Waals surface area contributed by atoms with Crippen molar-refractivity contribution in [1.29, 1.82) is 0 Å². The van der Waals surface area contributed by atoms with Crippen LogP contribution in [0.1, 0.15) is 30.9 Å². The van der Waals surface area contributed by atoms with E-state index in [4.69, 9.17) is 5.73 Å². The Morgan fingerprint density at radius 3 is 2.57 bits per heavy atom. The van der Waals surface area contributed by atoms with E-state index < -0.39 is 0 Å². The predicted octanol–water partition coefficient (Wildman–Crippen LogP) is 2.04. The first-order chi connectivity index (χ1) is 6.88. The highest BCUT2D eigenvalue weighted by Crippen LogP contribution is 2.07. The summed E-state index contributed by atoms with van der Waals surface area (Å²) in [5.74, 6) is 0. The normalized spacial score (nSPS) is 10.4. The van der Waals surface area contributed by atoms with Crippen LogP contribution in [0, 0.1) is 0 Å². The van der Waals surface area contributed by atoms with Crippen LogP contribution < -0.4 is 11.1 Å². The molecule has 14 heavy (non-hydrogen) atoms. The van der Waals surface area contributed by atoms with Crippen LogP contribution in [-0.2, 0) is 13.1 Å². The van der Waals surface area contributed by atoms with E-state index >= 15 is 0 Å². The molecule has 0 radical (unpaired) electrons. The van der Waals surface area contributed by atoms with Crippen molar-refractivity contribution in [3.05, 3.63) is 35.4 Å². The number of rotatable bonds is 6. The van der Waals surface area contributed by atoms with E-state index in [0.717, 1.165) is 13.1 Å². The highest BCUT2D eigenvalue weighted by molar-refractivity contribution is 5.26. The van der Waals surface area contributed by atoms with Gasteiger partial charge in [0.1, 0.15) is 0 Å². The van der Waals surface area contributed by atoms with Gasteiger partial charge >= 0.3 is 0 Å². The van der Waals surface area contributed by atoms with E-state index in [1.54, 1.807) is 0 Å². The smallest absolute Gasteiger partial charge is 0.0208 e. The summed E-state index contributed by atoms with van der Waals surface area (Å²) in [5.41, 5.74) is 8.23. The topological polar surface area (TPSA) is 38.0 Å². The Labute approximate surface area is 86.5 Å². The van der Waals surface area contributed by atoms with Crippen molar-refractivity contribution in [2.24, 2.45) is 5.73 Å². The molecule has 0 amide bonds. The summed E-state index contributed by atoms with van der Waals surface area (Å²) in [6.07, 6.45) is 2.48. The van der Waals surface area contributed by atoms with Crippen molar-refractivity contribution in [3.8, 4) is 0 Å². The zero-order valence-corrected chi connectivity index (χ0v) is 8.92. The minimum atomic E-state index is 0.631. The fourth-order valence-corrected chi connectivity index (χ4v) is 1.45. The number of nitrogens with one attached hydrogen (secondary N) is 1. The van der Waals surface area contributed by atoms with Gasteiger partial charge in [0.2, 0.25) is 0 Å². The lowest BCUT2D eigenvalue weighted by molar-refractivity contribution is 0.638. The molecule has 3 N–H and O–H groups in total. The van der Waals surface area contributed by atoms with Gasteiger partial charge in [0.05, 0.1) is 0 Å². The van der Waals surface area contributed by atoms with E-state index in [-0.39, 0.29) is 0 Å². The average Bonchev–Trinajstić information content (AvgIpc) is 2.25. The monoisotopic (exact) mass is 192 g/mol. The van der Waals surface area contributed by atoms with Gasteiger partial charge in [-0.3, -0.25) is 0 Å². The molecule has 0 saturated heterocycles. The molecular weight excluding hydrogens is 172 g/mol. The molecule has 0 atom stereocenters. The number of unbranched alkanes of at least 4 members (excludes halogenated alkanes) is 1. The summed E-state index contributed by atoms with van der Waals surface area (Å²) in [6, 6.07) is 8.34. The van der Waals surface area contributed by atoms with E-state index in [0.29, 0.717) is 6.54 Å². The fourth-order valence-electron chi connectivity index (χ4n) is 1.45. The highest BCUT2D eigenvalue weighted by atomic mass is 14.8. The lowest BCUT2D eigenvalue weighted by Crippen LogP contribution is -2.16. The van der Waals surface area contributed by atoms with E-state index in [2.05, 4.69) is 30.4 Å². The van der Waals surface area contributed by atoms with Gasteiger partial charge in [-0.05, 0) is 24.1 Å². The van der Waals surface area contributed by atoms with Crippen LogP contribution >= 0.6 is 0 Å². The lowest BCUT2D eigenvalue weighted by Gasteiger charge is -2.08. The van der Waals surface area contributed by atoms with E-state index in [1.807, 2.05) is 6.07 Å². The summed E-state index contributed by atoms with van der Waals surface area (Å²) in [7, 11) is 0. The van der Waals surface area contributed by atoms with Crippen molar-refractivity contribution in [3.63, 3.8) is 0 Å². The third kappa shape index (κ3) is 3.48. The first kappa shape index (κ1) is 11.2. The molecule has 1 aromatic rings. The van der Waals surface area contributed by atoms with Crippen molar-refractivity contribution in [1.82, 2.24) is 5.32 Å². The summed E-state index contributed by atoms with van der Waals surface area (Å²) in [4.78, 5) is 0. The summed E-state index contributed by atoms with van der Waals surface area (Å²) in [5, 5.41) is 3.42. The maximum atomic E-state index is 5.65. The van der Waals surface area contributed by atoms with Crippen molar-refractivity contribution < 1.29 is 0 Å². The molecule has 0 fully saturated rings. The van der Waals surface area contributed by atoms with Crippen LogP contribution in [0.4, 0.5) is 0 Å². The van der Waals surface area contributed by atoms with Crippen LogP contribution in [0.3, 0.4) is 0 Å². The molecule has 1 rings (SSSR count). The van der Waals surface area contributed by atoms with E-state index in [9.17, 15) is 0 Å². The molecule has 1 aromatic carbocycles. The standard InChI is InChI=1S/C12H20N2/c1-2-3-8-14-10-12-7-5-4-6-11(12)9-13/h4-7,14H,2-3,8-10,13H2,1H3. The fraction of sp³-hybridized carbons (Fsp3) is 0.500. The Kier molecular flexibility index (Phi) is 5.27. The number of benzene rings is 1. The molecular formula is C12H20N2. The SMILES string of the molecule is CCCCNCc1ccccc1CN. The third-order valence-corrected chi connectivity index (χ3v) is 2.36. The number of nitrogens with two attached hydrogens (primary N) is 1. The molecule has 0 aliphatic rings. The predicted molar refractivity (Wildman–Crippen MR) is 60.9 cm³/mol.